The van der Waals surface area contributed by atoms with Crippen molar-refractivity contribution in [3.8, 4) is 6.07 Å². The van der Waals surface area contributed by atoms with Crippen LogP contribution in [-0.2, 0) is 0 Å². The summed E-state index contributed by atoms with van der Waals surface area (Å²) in [5.41, 5.74) is 1.05. The van der Waals surface area contributed by atoms with E-state index in [4.69, 9.17) is 0 Å². The molecule has 0 aliphatic heterocycles. The summed E-state index contributed by atoms with van der Waals surface area (Å²) in [5.74, 6) is -0.830. The third-order valence-corrected chi connectivity index (χ3v) is 3.53. The molecule has 1 aliphatic rings. The van der Waals surface area contributed by atoms with Gasteiger partial charge in [-0.2, -0.15) is 5.26 Å². The predicted molar refractivity (Wildman–Crippen MR) is 71.0 cm³/mol. The molecule has 98 valence electrons. The zero-order valence-corrected chi connectivity index (χ0v) is 10.6. The second-order valence-corrected chi connectivity index (χ2v) is 4.58. The Morgan fingerprint density at radius 1 is 1.05 bits per heavy atom. The molecule has 0 unspecified atom stereocenters. The molecule has 0 saturated carbocycles. The molecule has 21 heavy (non-hydrogen) atoms. The van der Waals surface area contributed by atoms with Crippen molar-refractivity contribution in [3.63, 3.8) is 0 Å². The number of fused-ring (bicyclic) bond motifs is 4. The van der Waals surface area contributed by atoms with Crippen molar-refractivity contribution >= 4 is 17.1 Å². The molecule has 0 N–H and O–H groups in total. The van der Waals surface area contributed by atoms with Gasteiger partial charge in [-0.1, -0.05) is 6.07 Å². The molecule has 0 bridgehead atoms. The number of nitrogens with zero attached hydrogens (tertiary/aromatic N) is 4. The van der Waals surface area contributed by atoms with Crippen LogP contribution in [0.2, 0.25) is 0 Å². The molecule has 4 rings (SSSR count). The average molecular weight is 274 g/mol. The van der Waals surface area contributed by atoms with Crippen LogP contribution in [0, 0.1) is 11.3 Å². The summed E-state index contributed by atoms with van der Waals surface area (Å²) in [4.78, 5) is 33.1. The second kappa shape index (κ2) is 3.84. The third kappa shape index (κ3) is 1.29. The van der Waals surface area contributed by atoms with E-state index in [0.29, 0.717) is 5.52 Å². The van der Waals surface area contributed by atoms with Crippen molar-refractivity contribution in [2.24, 2.45) is 0 Å². The van der Waals surface area contributed by atoms with Gasteiger partial charge in [-0.3, -0.25) is 9.59 Å². The molecule has 0 atom stereocenters. The predicted octanol–water partition coefficient (Wildman–Crippen LogP) is 1.38. The molecule has 6 nitrogen and oxygen atoms in total. The van der Waals surface area contributed by atoms with E-state index >= 15 is 0 Å². The summed E-state index contributed by atoms with van der Waals surface area (Å²) in [5, 5.41) is 9.37. The van der Waals surface area contributed by atoms with Crippen LogP contribution in [0.25, 0.3) is 5.52 Å². The lowest BCUT2D eigenvalue weighted by atomic mass is 9.93. The number of hydrogen-bond donors (Lipinski definition) is 0. The van der Waals surface area contributed by atoms with Crippen molar-refractivity contribution in [2.75, 3.05) is 0 Å². The van der Waals surface area contributed by atoms with E-state index in [1.165, 1.54) is 12.4 Å². The van der Waals surface area contributed by atoms with Gasteiger partial charge in [0, 0.05) is 18.6 Å². The van der Waals surface area contributed by atoms with Crippen molar-refractivity contribution < 1.29 is 9.59 Å². The van der Waals surface area contributed by atoms with E-state index in [0.717, 1.165) is 0 Å². The van der Waals surface area contributed by atoms with E-state index in [9.17, 15) is 14.9 Å². The van der Waals surface area contributed by atoms with Crippen molar-refractivity contribution in [1.82, 2.24) is 14.4 Å². The van der Waals surface area contributed by atoms with Gasteiger partial charge < -0.3 is 4.40 Å². The minimum absolute atomic E-state index is 0.00223. The molecule has 0 radical (unpaired) electrons. The fraction of sp³-hybridized carbons (Fsp3) is 0. The molecular weight excluding hydrogens is 268 g/mol. The third-order valence-electron chi connectivity index (χ3n) is 3.53. The molecule has 1 aliphatic carbocycles. The molecule has 0 fully saturated rings. The van der Waals surface area contributed by atoms with Gasteiger partial charge in [-0.25, -0.2) is 9.97 Å². The summed E-state index contributed by atoms with van der Waals surface area (Å²) in [7, 11) is 0. The van der Waals surface area contributed by atoms with Crippen LogP contribution in [0.4, 0.5) is 0 Å². The van der Waals surface area contributed by atoms with Crippen LogP contribution >= 0.6 is 0 Å². The van der Waals surface area contributed by atoms with E-state index in [1.54, 1.807) is 28.8 Å². The first-order chi connectivity index (χ1) is 10.2. The number of aromatic nitrogens is 3. The Labute approximate surface area is 118 Å². The number of carbonyl (C=O) groups is 2. The van der Waals surface area contributed by atoms with Gasteiger partial charge in [-0.15, -0.1) is 0 Å². The number of nitriles is 1. The number of rotatable bonds is 0. The lowest BCUT2D eigenvalue weighted by Crippen LogP contribution is -2.24. The maximum Gasteiger partial charge on any atom is 0.231 e. The second-order valence-electron chi connectivity index (χ2n) is 4.58. The van der Waals surface area contributed by atoms with Crippen LogP contribution in [-0.4, -0.2) is 25.9 Å². The van der Waals surface area contributed by atoms with Gasteiger partial charge in [0.05, 0.1) is 16.6 Å². The number of ketones is 2. The molecule has 0 spiro atoms. The fourth-order valence-corrected chi connectivity index (χ4v) is 2.67. The van der Waals surface area contributed by atoms with E-state index < -0.39 is 11.6 Å². The standard InChI is InChI=1S/C15H6N4O2/c16-7-8-9-3-1-2-6-19(9)13-10(8)14(20)11-12(15(13)21)18-5-4-17-11/h1-6H. The molecule has 0 saturated heterocycles. The monoisotopic (exact) mass is 274 g/mol. The first kappa shape index (κ1) is 11.5. The maximum absolute atomic E-state index is 12.6. The van der Waals surface area contributed by atoms with Crippen LogP contribution in [0.5, 0.6) is 0 Å². The summed E-state index contributed by atoms with van der Waals surface area (Å²) < 4.78 is 1.56. The lowest BCUT2D eigenvalue weighted by molar-refractivity contribution is 0.0968. The first-order valence-corrected chi connectivity index (χ1v) is 6.17. The highest BCUT2D eigenvalue weighted by Gasteiger charge is 2.37. The van der Waals surface area contributed by atoms with Gasteiger partial charge in [0.2, 0.25) is 11.6 Å². The van der Waals surface area contributed by atoms with Crippen molar-refractivity contribution in [2.45, 2.75) is 0 Å². The van der Waals surface area contributed by atoms with Gasteiger partial charge in [0.15, 0.2) is 0 Å². The largest absolute Gasteiger partial charge is 0.312 e. The van der Waals surface area contributed by atoms with E-state index in [1.807, 2.05) is 6.07 Å². The highest BCUT2D eigenvalue weighted by molar-refractivity contribution is 6.28. The van der Waals surface area contributed by atoms with Crippen LogP contribution in [0.3, 0.4) is 0 Å². The Morgan fingerprint density at radius 2 is 1.76 bits per heavy atom. The summed E-state index contributed by atoms with van der Waals surface area (Å²) in [6, 6.07) is 7.20. The zero-order chi connectivity index (χ0) is 14.6. The number of carbonyl (C=O) groups excluding carboxylic acids is 2. The molecular formula is C15H6N4O2. The lowest BCUT2D eigenvalue weighted by Gasteiger charge is -2.12. The number of pyridine rings is 1. The van der Waals surface area contributed by atoms with Gasteiger partial charge in [-0.05, 0) is 12.1 Å². The van der Waals surface area contributed by atoms with Crippen molar-refractivity contribution in [1.29, 1.82) is 5.26 Å². The molecule has 0 aromatic carbocycles. The Kier molecular flexibility index (Phi) is 2.10. The molecule has 6 heteroatoms. The minimum atomic E-state index is -0.437. The summed E-state index contributed by atoms with van der Waals surface area (Å²) in [6.07, 6.45) is 4.38. The van der Waals surface area contributed by atoms with E-state index in [-0.39, 0.29) is 28.2 Å². The molecule has 3 heterocycles. The highest BCUT2D eigenvalue weighted by atomic mass is 16.1. The molecule has 3 aromatic rings. The van der Waals surface area contributed by atoms with Gasteiger partial charge >= 0.3 is 0 Å². The fourth-order valence-electron chi connectivity index (χ4n) is 2.67. The Hall–Kier alpha value is -3.33. The average Bonchev–Trinajstić information content (AvgIpc) is 2.87. The van der Waals surface area contributed by atoms with E-state index in [2.05, 4.69) is 9.97 Å². The topological polar surface area (TPSA) is 88.1 Å². The SMILES string of the molecule is N#Cc1c2c(n3ccccc13)C(=O)c1nccnc1C2=O. The Balaban J connectivity index is 2.21. The van der Waals surface area contributed by atoms with Gasteiger partial charge in [0.1, 0.15) is 23.2 Å². The quantitative estimate of drug-likeness (QED) is 0.483. The van der Waals surface area contributed by atoms with Crippen LogP contribution in [0.1, 0.15) is 37.8 Å². The minimum Gasteiger partial charge on any atom is -0.312 e. The van der Waals surface area contributed by atoms with Crippen molar-refractivity contribution in [3.05, 3.63) is 65.0 Å². The van der Waals surface area contributed by atoms with Gasteiger partial charge in [0.25, 0.3) is 0 Å². The zero-order valence-electron chi connectivity index (χ0n) is 10.6. The first-order valence-electron chi connectivity index (χ1n) is 6.17. The summed E-state index contributed by atoms with van der Waals surface area (Å²) in [6.45, 7) is 0. The Bertz CT molecular complexity index is 995. The normalized spacial score (nSPS) is 12.9. The molecule has 0 amide bonds. The Morgan fingerprint density at radius 3 is 2.48 bits per heavy atom. The van der Waals surface area contributed by atoms with Crippen LogP contribution in [0.15, 0.2) is 36.8 Å². The highest BCUT2D eigenvalue weighted by Crippen LogP contribution is 2.31. The maximum atomic E-state index is 12.6. The number of hydrogen-bond acceptors (Lipinski definition) is 5. The smallest absolute Gasteiger partial charge is 0.231 e. The van der Waals surface area contributed by atoms with Crippen LogP contribution < -0.4 is 0 Å². The molecule has 3 aromatic heterocycles. The summed E-state index contributed by atoms with van der Waals surface area (Å²) >= 11 is 0.